The van der Waals surface area contributed by atoms with Crippen LogP contribution in [0.15, 0.2) is 0 Å². The first-order valence-electron chi connectivity index (χ1n) is 4.02. The fourth-order valence-electron chi connectivity index (χ4n) is 1.44. The molecule has 1 heterocycles. The third-order valence-electron chi connectivity index (χ3n) is 1.92. The summed E-state index contributed by atoms with van der Waals surface area (Å²) < 4.78 is 0. The molecule has 0 bridgehead atoms. The minimum absolute atomic E-state index is 0.155. The Balaban J connectivity index is 2.13. The molecule has 0 aromatic heterocycles. The van der Waals surface area contributed by atoms with E-state index >= 15 is 0 Å². The minimum Gasteiger partial charge on any atom is -0.315 e. The molecule has 60 valence electrons. The third kappa shape index (κ3) is 2.64. The lowest BCUT2D eigenvalue weighted by Gasteiger charge is -2.27. The minimum atomic E-state index is -0.155. The second-order valence-electron chi connectivity index (χ2n) is 3.03. The molecule has 10 heavy (non-hydrogen) atoms. The molecule has 0 radical (unpaired) electrons. The largest absolute Gasteiger partial charge is 0.315 e. The monoisotopic (exact) mass is 143 g/mol. The Kier molecular flexibility index (Phi) is 3.12. The lowest BCUT2D eigenvalue weighted by Crippen LogP contribution is -2.45. The maximum Gasteiger partial charge on any atom is 0.0652 e. The van der Waals surface area contributed by atoms with Gasteiger partial charge in [0.05, 0.1) is 6.17 Å². The topological polar surface area (TPSA) is 55.3 Å². The highest BCUT2D eigenvalue weighted by molar-refractivity contribution is 4.67. The van der Waals surface area contributed by atoms with E-state index in [0.29, 0.717) is 0 Å². The van der Waals surface area contributed by atoms with Crippen LogP contribution in [0.1, 0.15) is 19.3 Å². The van der Waals surface area contributed by atoms with Crippen LogP contribution in [0.4, 0.5) is 0 Å². The molecule has 3 heteroatoms. The first-order valence-corrected chi connectivity index (χ1v) is 4.02. The van der Waals surface area contributed by atoms with E-state index in [4.69, 9.17) is 11.5 Å². The van der Waals surface area contributed by atoms with Crippen molar-refractivity contribution < 1.29 is 0 Å². The van der Waals surface area contributed by atoms with Crippen LogP contribution in [0.3, 0.4) is 0 Å². The van der Waals surface area contributed by atoms with Crippen LogP contribution >= 0.6 is 0 Å². The molecular formula is C7H17N3. The van der Waals surface area contributed by atoms with Gasteiger partial charge in [0.25, 0.3) is 0 Å². The van der Waals surface area contributed by atoms with Crippen LogP contribution in [0.25, 0.3) is 0 Å². The van der Waals surface area contributed by atoms with E-state index in [9.17, 15) is 0 Å². The Morgan fingerprint density at radius 1 is 1.10 bits per heavy atom. The average Bonchev–Trinajstić information content (AvgIpc) is 1.88. The first kappa shape index (κ1) is 7.98. The van der Waals surface area contributed by atoms with E-state index in [1.807, 2.05) is 0 Å². The molecule has 1 rings (SSSR count). The summed E-state index contributed by atoms with van der Waals surface area (Å²) in [4.78, 5) is 2.34. The van der Waals surface area contributed by atoms with Crippen molar-refractivity contribution >= 4 is 0 Å². The molecule has 0 aromatic rings. The molecule has 0 aliphatic carbocycles. The molecule has 3 nitrogen and oxygen atoms in total. The number of hydrogen-bond donors (Lipinski definition) is 2. The predicted octanol–water partition coefficient (Wildman–Crippen LogP) is -0.284. The second kappa shape index (κ2) is 3.91. The van der Waals surface area contributed by atoms with Crippen LogP contribution in [0.2, 0.25) is 0 Å². The lowest BCUT2D eigenvalue weighted by molar-refractivity contribution is 0.217. The number of hydrogen-bond acceptors (Lipinski definition) is 3. The Morgan fingerprint density at radius 3 is 2.20 bits per heavy atom. The van der Waals surface area contributed by atoms with Crippen molar-refractivity contribution in [2.24, 2.45) is 11.5 Å². The van der Waals surface area contributed by atoms with Crippen molar-refractivity contribution in [1.29, 1.82) is 0 Å². The Hall–Kier alpha value is -0.120. The normalized spacial score (nSPS) is 21.9. The number of nitrogens with two attached hydrogens (primary N) is 2. The van der Waals surface area contributed by atoms with Crippen LogP contribution in [0.5, 0.6) is 0 Å². The van der Waals surface area contributed by atoms with Crippen molar-refractivity contribution in [3.8, 4) is 0 Å². The predicted molar refractivity (Wildman–Crippen MR) is 42.5 cm³/mol. The van der Waals surface area contributed by atoms with Crippen LogP contribution in [0, 0.1) is 0 Å². The van der Waals surface area contributed by atoms with Crippen molar-refractivity contribution in [2.75, 3.05) is 19.6 Å². The van der Waals surface area contributed by atoms with Crippen LogP contribution in [-0.2, 0) is 0 Å². The van der Waals surface area contributed by atoms with E-state index in [2.05, 4.69) is 4.90 Å². The summed E-state index contributed by atoms with van der Waals surface area (Å²) in [5, 5.41) is 0. The highest BCUT2D eigenvalue weighted by Gasteiger charge is 2.10. The van der Waals surface area contributed by atoms with Gasteiger partial charge >= 0.3 is 0 Å². The van der Waals surface area contributed by atoms with Gasteiger partial charge in [-0.1, -0.05) is 6.42 Å². The van der Waals surface area contributed by atoms with Gasteiger partial charge in [-0.3, -0.25) is 0 Å². The van der Waals surface area contributed by atoms with Gasteiger partial charge in [0.15, 0.2) is 0 Å². The average molecular weight is 143 g/mol. The highest BCUT2D eigenvalue weighted by atomic mass is 15.2. The summed E-state index contributed by atoms with van der Waals surface area (Å²) in [6.07, 6.45) is 3.84. The fourth-order valence-corrected chi connectivity index (χ4v) is 1.44. The molecule has 0 amide bonds. The van der Waals surface area contributed by atoms with Crippen molar-refractivity contribution in [1.82, 2.24) is 4.90 Å². The molecular weight excluding hydrogens is 126 g/mol. The van der Waals surface area contributed by atoms with Gasteiger partial charge in [0, 0.05) is 6.54 Å². The summed E-state index contributed by atoms with van der Waals surface area (Å²) >= 11 is 0. The number of nitrogens with zero attached hydrogens (tertiary/aromatic N) is 1. The molecule has 1 aliphatic rings. The third-order valence-corrected chi connectivity index (χ3v) is 1.92. The van der Waals surface area contributed by atoms with E-state index < -0.39 is 0 Å². The van der Waals surface area contributed by atoms with Crippen molar-refractivity contribution in [2.45, 2.75) is 25.4 Å². The molecule has 1 aliphatic heterocycles. The maximum atomic E-state index is 5.46. The Morgan fingerprint density at radius 2 is 1.70 bits per heavy atom. The fraction of sp³-hybridized carbons (Fsp3) is 1.00. The quantitative estimate of drug-likeness (QED) is 0.522. The molecule has 1 fully saturated rings. The number of piperidine rings is 1. The molecule has 0 spiro atoms. The zero-order valence-electron chi connectivity index (χ0n) is 6.42. The number of likely N-dealkylation sites (tertiary alicyclic amines) is 1. The zero-order valence-corrected chi connectivity index (χ0v) is 6.42. The van der Waals surface area contributed by atoms with Gasteiger partial charge in [-0.25, -0.2) is 0 Å². The first-order chi connectivity index (χ1) is 4.79. The molecule has 0 aromatic carbocycles. The van der Waals surface area contributed by atoms with Gasteiger partial charge in [-0.2, -0.15) is 0 Å². The SMILES string of the molecule is NC(N)CN1CCCCC1. The molecule has 4 N–H and O–H groups in total. The van der Waals surface area contributed by atoms with Gasteiger partial charge < -0.3 is 16.4 Å². The second-order valence-corrected chi connectivity index (χ2v) is 3.03. The summed E-state index contributed by atoms with van der Waals surface area (Å²) in [5.41, 5.74) is 10.9. The van der Waals surface area contributed by atoms with E-state index in [-0.39, 0.29) is 6.17 Å². The van der Waals surface area contributed by atoms with Crippen molar-refractivity contribution in [3.63, 3.8) is 0 Å². The molecule has 1 saturated heterocycles. The highest BCUT2D eigenvalue weighted by Crippen LogP contribution is 2.07. The maximum absolute atomic E-state index is 5.46. The summed E-state index contributed by atoms with van der Waals surface area (Å²) in [6.45, 7) is 3.23. The molecule has 0 unspecified atom stereocenters. The lowest BCUT2D eigenvalue weighted by atomic mass is 10.1. The number of rotatable bonds is 2. The summed E-state index contributed by atoms with van der Waals surface area (Å²) in [5.74, 6) is 0. The standard InChI is InChI=1S/C7H17N3/c8-7(9)6-10-4-2-1-3-5-10/h7H,1-6,8-9H2. The summed E-state index contributed by atoms with van der Waals surface area (Å²) in [7, 11) is 0. The smallest absolute Gasteiger partial charge is 0.0652 e. The van der Waals surface area contributed by atoms with E-state index in [1.165, 1.54) is 32.4 Å². The van der Waals surface area contributed by atoms with Gasteiger partial charge in [0.2, 0.25) is 0 Å². The zero-order chi connectivity index (χ0) is 7.40. The Bertz CT molecular complexity index is 86.9. The van der Waals surface area contributed by atoms with Crippen LogP contribution < -0.4 is 11.5 Å². The Labute approximate surface area is 62.4 Å². The van der Waals surface area contributed by atoms with E-state index in [0.717, 1.165) is 6.54 Å². The molecule has 0 atom stereocenters. The van der Waals surface area contributed by atoms with Crippen LogP contribution in [-0.4, -0.2) is 30.7 Å². The molecule has 0 saturated carbocycles. The van der Waals surface area contributed by atoms with Gasteiger partial charge in [-0.15, -0.1) is 0 Å². The van der Waals surface area contributed by atoms with E-state index in [1.54, 1.807) is 0 Å². The van der Waals surface area contributed by atoms with Gasteiger partial charge in [-0.05, 0) is 25.9 Å². The van der Waals surface area contributed by atoms with Crippen molar-refractivity contribution in [3.05, 3.63) is 0 Å². The summed E-state index contributed by atoms with van der Waals surface area (Å²) in [6, 6.07) is 0. The van der Waals surface area contributed by atoms with Gasteiger partial charge in [0.1, 0.15) is 0 Å².